The second-order valence-electron chi connectivity index (χ2n) is 8.68. The van der Waals surface area contributed by atoms with Crippen molar-refractivity contribution in [3.63, 3.8) is 0 Å². The van der Waals surface area contributed by atoms with Gasteiger partial charge < -0.3 is 14.4 Å². The van der Waals surface area contributed by atoms with Crippen LogP contribution in [0.25, 0.3) is 17.0 Å². The van der Waals surface area contributed by atoms with E-state index in [1.54, 1.807) is 18.0 Å². The van der Waals surface area contributed by atoms with Gasteiger partial charge >= 0.3 is 0 Å². The molecule has 2 aromatic carbocycles. The Bertz CT molecular complexity index is 1430. The maximum absolute atomic E-state index is 15.4. The summed E-state index contributed by atoms with van der Waals surface area (Å²) in [4.78, 5) is 41.2. The minimum absolute atomic E-state index is 0.107. The number of hydrogen-bond acceptors (Lipinski definition) is 7. The number of hydrogen-bond donors (Lipinski definition) is 0. The molecule has 5 rings (SSSR count). The predicted octanol–water partition coefficient (Wildman–Crippen LogP) is 3.80. The van der Waals surface area contributed by atoms with Crippen LogP contribution in [-0.4, -0.2) is 59.2 Å². The molecule has 0 unspecified atom stereocenters. The molecular weight excluding hydrogens is 471 g/mol. The normalized spacial score (nSPS) is 16.2. The number of thioether (sulfide) groups is 1. The van der Waals surface area contributed by atoms with E-state index in [0.29, 0.717) is 17.6 Å². The van der Waals surface area contributed by atoms with Crippen LogP contribution in [0.1, 0.15) is 15.9 Å². The van der Waals surface area contributed by atoms with Gasteiger partial charge in [0.05, 0.1) is 26.4 Å². The van der Waals surface area contributed by atoms with Crippen LogP contribution in [0.15, 0.2) is 52.3 Å². The van der Waals surface area contributed by atoms with Crippen LogP contribution in [0.4, 0.5) is 15.8 Å². The molecule has 3 aromatic rings. The number of piperazine rings is 1. The molecule has 0 amide bonds. The van der Waals surface area contributed by atoms with Crippen molar-refractivity contribution in [3.05, 3.63) is 79.9 Å². The highest BCUT2D eigenvalue weighted by atomic mass is 32.2. The standard InChI is InChI=1S/C25H23FN4O4S/c1-27-8-10-28(11-9-27)23-20(26)14-19-22-25(23)35-13-12-29(22)15-17(24(19)32)4-7-21(31)16-2-5-18(6-3-16)30(33)34/h2-7,14-15H,8-13H2,1H3/b7-4+. The summed E-state index contributed by atoms with van der Waals surface area (Å²) in [5.74, 6) is -0.0379. The Morgan fingerprint density at radius 2 is 1.86 bits per heavy atom. The highest BCUT2D eigenvalue weighted by Crippen LogP contribution is 2.41. The van der Waals surface area contributed by atoms with Crippen molar-refractivity contribution in [2.45, 2.75) is 11.4 Å². The first kappa shape index (κ1) is 23.3. The quantitative estimate of drug-likeness (QED) is 0.231. The summed E-state index contributed by atoms with van der Waals surface area (Å²) in [5.41, 5.74) is 1.43. The number of ketones is 1. The summed E-state index contributed by atoms with van der Waals surface area (Å²) in [6.07, 6.45) is 4.42. The van der Waals surface area contributed by atoms with Crippen LogP contribution in [-0.2, 0) is 6.54 Å². The van der Waals surface area contributed by atoms with Gasteiger partial charge in [-0.25, -0.2) is 4.39 Å². The van der Waals surface area contributed by atoms with Crippen molar-refractivity contribution in [2.24, 2.45) is 0 Å². The summed E-state index contributed by atoms with van der Waals surface area (Å²) in [7, 11) is 2.05. The van der Waals surface area contributed by atoms with Crippen molar-refractivity contribution in [1.29, 1.82) is 0 Å². The molecular formula is C25H23FN4O4S. The molecule has 1 fully saturated rings. The summed E-state index contributed by atoms with van der Waals surface area (Å²) >= 11 is 1.57. The van der Waals surface area contributed by atoms with Crippen molar-refractivity contribution < 1.29 is 14.1 Å². The predicted molar refractivity (Wildman–Crippen MR) is 135 cm³/mol. The largest absolute Gasteiger partial charge is 0.366 e. The van der Waals surface area contributed by atoms with Gasteiger partial charge in [0.2, 0.25) is 0 Å². The zero-order valence-electron chi connectivity index (χ0n) is 19.1. The van der Waals surface area contributed by atoms with Crippen LogP contribution in [0.2, 0.25) is 0 Å². The zero-order chi connectivity index (χ0) is 24.7. The maximum Gasteiger partial charge on any atom is 0.269 e. The van der Waals surface area contributed by atoms with Gasteiger partial charge in [-0.2, -0.15) is 0 Å². The minimum atomic E-state index is -0.535. The molecule has 2 aliphatic rings. The second-order valence-corrected chi connectivity index (χ2v) is 9.78. The van der Waals surface area contributed by atoms with Crippen molar-refractivity contribution in [2.75, 3.05) is 43.9 Å². The monoisotopic (exact) mass is 494 g/mol. The van der Waals surface area contributed by atoms with E-state index in [1.807, 2.05) is 11.6 Å². The lowest BCUT2D eigenvalue weighted by Gasteiger charge is -2.36. The Morgan fingerprint density at radius 3 is 2.54 bits per heavy atom. The average Bonchev–Trinajstić information content (AvgIpc) is 2.86. The summed E-state index contributed by atoms with van der Waals surface area (Å²) in [5, 5.41) is 11.1. The van der Waals surface area contributed by atoms with Gasteiger partial charge in [-0.15, -0.1) is 11.8 Å². The first-order valence-electron chi connectivity index (χ1n) is 11.3. The van der Waals surface area contributed by atoms with E-state index in [2.05, 4.69) is 9.80 Å². The molecule has 3 heterocycles. The Kier molecular flexibility index (Phi) is 6.16. The van der Waals surface area contributed by atoms with Gasteiger partial charge in [0, 0.05) is 67.9 Å². The van der Waals surface area contributed by atoms with E-state index in [1.165, 1.54) is 42.5 Å². The number of carbonyl (C=O) groups is 1. The Hall–Kier alpha value is -3.50. The first-order chi connectivity index (χ1) is 16.8. The van der Waals surface area contributed by atoms with Gasteiger partial charge in [-0.05, 0) is 37.4 Å². The number of nitro benzene ring substituents is 1. The van der Waals surface area contributed by atoms with E-state index in [9.17, 15) is 19.7 Å². The number of likely N-dealkylation sites (N-methyl/N-ethyl adjacent to an activating group) is 1. The first-order valence-corrected chi connectivity index (χ1v) is 12.2. The molecule has 0 saturated carbocycles. The minimum Gasteiger partial charge on any atom is -0.366 e. The molecule has 0 aliphatic carbocycles. The average molecular weight is 495 g/mol. The molecule has 8 nitrogen and oxygen atoms in total. The fourth-order valence-electron chi connectivity index (χ4n) is 4.52. The molecule has 35 heavy (non-hydrogen) atoms. The fraction of sp³-hybridized carbons (Fsp3) is 0.280. The molecule has 0 atom stereocenters. The van der Waals surface area contributed by atoms with E-state index < -0.39 is 10.7 Å². The van der Waals surface area contributed by atoms with Crippen molar-refractivity contribution in [1.82, 2.24) is 9.47 Å². The van der Waals surface area contributed by atoms with Gasteiger partial charge in [-0.3, -0.25) is 19.7 Å². The summed E-state index contributed by atoms with van der Waals surface area (Å²) < 4.78 is 17.4. The van der Waals surface area contributed by atoms with Crippen LogP contribution < -0.4 is 10.3 Å². The highest BCUT2D eigenvalue weighted by Gasteiger charge is 2.27. The number of aryl methyl sites for hydroxylation is 1. The number of rotatable bonds is 5. The Labute approximate surface area is 204 Å². The van der Waals surface area contributed by atoms with Gasteiger partial charge in [0.1, 0.15) is 5.82 Å². The van der Waals surface area contributed by atoms with E-state index in [-0.39, 0.29) is 28.0 Å². The number of halogens is 1. The number of anilines is 1. The number of allylic oxidation sites excluding steroid dienone is 1. The van der Waals surface area contributed by atoms with Crippen LogP contribution in [0.5, 0.6) is 0 Å². The zero-order valence-corrected chi connectivity index (χ0v) is 19.9. The molecule has 1 saturated heterocycles. The van der Waals surface area contributed by atoms with E-state index in [4.69, 9.17) is 0 Å². The summed E-state index contributed by atoms with van der Waals surface area (Å²) in [6, 6.07) is 6.60. The third-order valence-electron chi connectivity index (χ3n) is 6.45. The molecule has 180 valence electrons. The topological polar surface area (TPSA) is 88.7 Å². The highest BCUT2D eigenvalue weighted by molar-refractivity contribution is 7.99. The maximum atomic E-state index is 15.4. The molecule has 0 N–H and O–H groups in total. The smallest absolute Gasteiger partial charge is 0.269 e. The molecule has 0 radical (unpaired) electrons. The van der Waals surface area contributed by atoms with Crippen molar-refractivity contribution in [3.8, 4) is 0 Å². The SMILES string of the molecule is CN1CCN(c2c(F)cc3c(=O)c(/C=C/C(=O)c4ccc([N+](=O)[O-])cc4)cn4c3c2SCC4)CC1. The number of aromatic nitrogens is 1. The number of carbonyl (C=O) groups excluding carboxylic acids is 1. The lowest BCUT2D eigenvalue weighted by Crippen LogP contribution is -2.45. The third-order valence-corrected chi connectivity index (χ3v) is 7.51. The lowest BCUT2D eigenvalue weighted by atomic mass is 10.1. The number of benzene rings is 2. The molecule has 2 aliphatic heterocycles. The molecule has 1 aromatic heterocycles. The molecule has 0 spiro atoms. The molecule has 0 bridgehead atoms. The Morgan fingerprint density at radius 1 is 1.14 bits per heavy atom. The van der Waals surface area contributed by atoms with Crippen molar-refractivity contribution >= 4 is 45.9 Å². The third kappa shape index (κ3) is 4.35. The number of nitro groups is 1. The van der Waals surface area contributed by atoms with E-state index >= 15 is 4.39 Å². The van der Waals surface area contributed by atoms with E-state index in [0.717, 1.165) is 42.3 Å². The van der Waals surface area contributed by atoms with Gasteiger partial charge in [0.15, 0.2) is 11.2 Å². The Balaban J connectivity index is 1.52. The molecule has 10 heteroatoms. The van der Waals surface area contributed by atoms with Crippen LogP contribution in [0.3, 0.4) is 0 Å². The summed E-state index contributed by atoms with van der Waals surface area (Å²) in [6.45, 7) is 3.81. The number of pyridine rings is 1. The second kappa shape index (κ2) is 9.27. The fourth-order valence-corrected chi connectivity index (χ4v) is 5.74. The number of nitrogens with zero attached hydrogens (tertiary/aromatic N) is 4. The number of non-ortho nitro benzene ring substituents is 1. The van der Waals surface area contributed by atoms with Gasteiger partial charge in [0.25, 0.3) is 5.69 Å². The lowest BCUT2D eigenvalue weighted by molar-refractivity contribution is -0.384. The van der Waals surface area contributed by atoms with Gasteiger partial charge in [-0.1, -0.05) is 0 Å². The van der Waals surface area contributed by atoms with Crippen LogP contribution >= 0.6 is 11.8 Å². The van der Waals surface area contributed by atoms with Crippen LogP contribution in [0, 0.1) is 15.9 Å².